The van der Waals surface area contributed by atoms with Crippen LogP contribution in [0.25, 0.3) is 0 Å². The highest BCUT2D eigenvalue weighted by Gasteiger charge is 1.80. The summed E-state index contributed by atoms with van der Waals surface area (Å²) in [7, 11) is 0. The van der Waals surface area contributed by atoms with Crippen LogP contribution in [0.1, 0.15) is 11.1 Å². The van der Waals surface area contributed by atoms with Crippen molar-refractivity contribution in [3.63, 3.8) is 0 Å². The number of hydrogen-bond donors (Lipinski definition) is 2. The van der Waals surface area contributed by atoms with Gasteiger partial charge in [0.25, 0.3) is 0 Å². The maximum Gasteiger partial charge on any atom is 0.0178 e. The Kier molecular flexibility index (Phi) is 9.06. The highest BCUT2D eigenvalue weighted by molar-refractivity contribution is 5.85. The Morgan fingerprint density at radius 3 is 1.06 bits per heavy atom. The van der Waals surface area contributed by atoms with Crippen molar-refractivity contribution in [2.24, 2.45) is 11.5 Å². The third-order valence-electron chi connectivity index (χ3n) is 2.16. The van der Waals surface area contributed by atoms with Crippen molar-refractivity contribution in [3.8, 4) is 0 Å². The lowest BCUT2D eigenvalue weighted by molar-refractivity contribution is 1.07. The summed E-state index contributed by atoms with van der Waals surface area (Å²) in [4.78, 5) is 0. The van der Waals surface area contributed by atoms with Crippen molar-refractivity contribution in [2.45, 2.75) is 13.1 Å². The van der Waals surface area contributed by atoms with Crippen molar-refractivity contribution in [1.82, 2.24) is 0 Å². The van der Waals surface area contributed by atoms with Crippen LogP contribution in [0.4, 0.5) is 0 Å². The first-order chi connectivity index (χ1) is 7.86. The van der Waals surface area contributed by atoms with Crippen LogP contribution in [-0.4, -0.2) is 0 Å². The number of nitrogens with two attached hydrogens (primary N) is 2. The molecule has 92 valence electrons. The SMILES string of the molecule is Cl.NCc1ccccc1.NCc1ccccc1. The lowest BCUT2D eigenvalue weighted by Crippen LogP contribution is -1.94. The van der Waals surface area contributed by atoms with Crippen LogP contribution in [0, 0.1) is 0 Å². The predicted octanol–water partition coefficient (Wildman–Crippen LogP) is 2.71. The molecule has 0 fully saturated rings. The topological polar surface area (TPSA) is 52.0 Å². The van der Waals surface area contributed by atoms with Crippen molar-refractivity contribution in [1.29, 1.82) is 0 Å². The summed E-state index contributed by atoms with van der Waals surface area (Å²) in [6.07, 6.45) is 0. The van der Waals surface area contributed by atoms with E-state index in [9.17, 15) is 0 Å². The largest absolute Gasteiger partial charge is 0.326 e. The zero-order valence-corrected chi connectivity index (χ0v) is 10.6. The van der Waals surface area contributed by atoms with E-state index in [4.69, 9.17) is 11.5 Å². The van der Waals surface area contributed by atoms with E-state index in [-0.39, 0.29) is 12.4 Å². The fourth-order valence-electron chi connectivity index (χ4n) is 1.23. The van der Waals surface area contributed by atoms with Crippen molar-refractivity contribution >= 4 is 12.4 Å². The summed E-state index contributed by atoms with van der Waals surface area (Å²) >= 11 is 0. The summed E-state index contributed by atoms with van der Waals surface area (Å²) in [5.74, 6) is 0. The minimum atomic E-state index is 0. The van der Waals surface area contributed by atoms with Crippen LogP contribution < -0.4 is 11.5 Å². The Hall–Kier alpha value is -1.35. The van der Waals surface area contributed by atoms with E-state index in [1.165, 1.54) is 11.1 Å². The monoisotopic (exact) mass is 250 g/mol. The van der Waals surface area contributed by atoms with E-state index in [1.807, 2.05) is 60.7 Å². The lowest BCUT2D eigenvalue weighted by Gasteiger charge is -1.90. The highest BCUT2D eigenvalue weighted by atomic mass is 35.5. The average Bonchev–Trinajstić information content (AvgIpc) is 2.41. The van der Waals surface area contributed by atoms with Gasteiger partial charge >= 0.3 is 0 Å². The Morgan fingerprint density at radius 1 is 0.588 bits per heavy atom. The van der Waals surface area contributed by atoms with Gasteiger partial charge in [0.05, 0.1) is 0 Å². The quantitative estimate of drug-likeness (QED) is 0.861. The molecule has 0 unspecified atom stereocenters. The Balaban J connectivity index is 0.000000284. The van der Waals surface area contributed by atoms with Crippen molar-refractivity contribution < 1.29 is 0 Å². The molecule has 0 aromatic heterocycles. The van der Waals surface area contributed by atoms with E-state index >= 15 is 0 Å². The van der Waals surface area contributed by atoms with Crippen LogP contribution in [0.5, 0.6) is 0 Å². The second kappa shape index (κ2) is 9.85. The van der Waals surface area contributed by atoms with Gasteiger partial charge in [0.2, 0.25) is 0 Å². The molecule has 0 aliphatic carbocycles. The second-order valence-electron chi connectivity index (χ2n) is 3.38. The number of hydrogen-bond acceptors (Lipinski definition) is 2. The van der Waals surface area contributed by atoms with Crippen LogP contribution in [0.3, 0.4) is 0 Å². The molecule has 0 spiro atoms. The molecule has 0 atom stereocenters. The molecular weight excluding hydrogens is 232 g/mol. The van der Waals surface area contributed by atoms with Gasteiger partial charge in [0.15, 0.2) is 0 Å². The van der Waals surface area contributed by atoms with Gasteiger partial charge in [-0.2, -0.15) is 0 Å². The highest BCUT2D eigenvalue weighted by Crippen LogP contribution is 1.94. The maximum absolute atomic E-state index is 5.35. The van der Waals surface area contributed by atoms with E-state index < -0.39 is 0 Å². The molecular formula is C14H19ClN2. The standard InChI is InChI=1S/2C7H9N.ClH/c2*8-6-7-4-2-1-3-5-7;/h2*1-5H,6,8H2;1H. The normalized spacial score (nSPS) is 8.59. The molecule has 2 aromatic carbocycles. The van der Waals surface area contributed by atoms with Crippen molar-refractivity contribution in [3.05, 3.63) is 71.8 Å². The third-order valence-corrected chi connectivity index (χ3v) is 2.16. The van der Waals surface area contributed by atoms with Crippen LogP contribution in [0.2, 0.25) is 0 Å². The fourth-order valence-corrected chi connectivity index (χ4v) is 1.23. The van der Waals surface area contributed by atoms with E-state index in [1.54, 1.807) is 0 Å². The summed E-state index contributed by atoms with van der Waals surface area (Å²) in [5, 5.41) is 0. The average molecular weight is 251 g/mol. The third kappa shape index (κ3) is 6.74. The number of rotatable bonds is 2. The molecule has 0 aliphatic heterocycles. The number of halogens is 1. The minimum Gasteiger partial charge on any atom is -0.326 e. The molecule has 2 aromatic rings. The van der Waals surface area contributed by atoms with Crippen LogP contribution in [0.15, 0.2) is 60.7 Å². The molecule has 0 saturated carbocycles. The number of benzene rings is 2. The molecule has 0 saturated heterocycles. The molecule has 0 bridgehead atoms. The fraction of sp³-hybridized carbons (Fsp3) is 0.143. The summed E-state index contributed by atoms with van der Waals surface area (Å²) < 4.78 is 0. The summed E-state index contributed by atoms with van der Waals surface area (Å²) in [6.45, 7) is 1.28. The summed E-state index contributed by atoms with van der Waals surface area (Å²) in [6, 6.07) is 20.0. The zero-order valence-electron chi connectivity index (χ0n) is 9.75. The molecule has 4 N–H and O–H groups in total. The second-order valence-corrected chi connectivity index (χ2v) is 3.38. The van der Waals surface area contributed by atoms with E-state index in [2.05, 4.69) is 0 Å². The maximum atomic E-state index is 5.35. The van der Waals surface area contributed by atoms with Crippen molar-refractivity contribution in [2.75, 3.05) is 0 Å². The van der Waals surface area contributed by atoms with E-state index in [0.717, 1.165) is 0 Å². The predicted molar refractivity (Wildman–Crippen MR) is 75.9 cm³/mol. The Bertz CT molecular complexity index is 336. The smallest absolute Gasteiger partial charge is 0.0178 e. The van der Waals surface area contributed by atoms with Gasteiger partial charge in [-0.15, -0.1) is 12.4 Å². The Labute approximate surface area is 109 Å². The lowest BCUT2D eigenvalue weighted by atomic mass is 10.2. The first kappa shape index (κ1) is 15.7. The molecule has 0 aliphatic rings. The van der Waals surface area contributed by atoms with Gasteiger partial charge in [0, 0.05) is 13.1 Å². The van der Waals surface area contributed by atoms with Crippen LogP contribution in [-0.2, 0) is 13.1 Å². The van der Waals surface area contributed by atoms with Gasteiger partial charge in [-0.1, -0.05) is 60.7 Å². The molecule has 3 heteroatoms. The molecule has 0 heterocycles. The van der Waals surface area contributed by atoms with Gasteiger partial charge in [-0.05, 0) is 11.1 Å². The zero-order chi connectivity index (χ0) is 11.6. The minimum absolute atomic E-state index is 0. The van der Waals surface area contributed by atoms with Gasteiger partial charge < -0.3 is 11.5 Å². The first-order valence-electron chi connectivity index (χ1n) is 5.34. The first-order valence-corrected chi connectivity index (χ1v) is 5.34. The molecule has 0 radical (unpaired) electrons. The van der Waals surface area contributed by atoms with Gasteiger partial charge in [-0.25, -0.2) is 0 Å². The summed E-state index contributed by atoms with van der Waals surface area (Å²) in [5.41, 5.74) is 13.1. The molecule has 2 nitrogen and oxygen atoms in total. The van der Waals surface area contributed by atoms with Gasteiger partial charge in [0.1, 0.15) is 0 Å². The van der Waals surface area contributed by atoms with E-state index in [0.29, 0.717) is 13.1 Å². The molecule has 0 amide bonds. The van der Waals surface area contributed by atoms with Gasteiger partial charge in [-0.3, -0.25) is 0 Å². The molecule has 2 rings (SSSR count). The van der Waals surface area contributed by atoms with Crippen LogP contribution >= 0.6 is 12.4 Å². The Morgan fingerprint density at radius 2 is 0.882 bits per heavy atom. The molecule has 17 heavy (non-hydrogen) atoms.